The number of alkyl carbamates (subject to hydrolysis) is 1. The zero-order valence-corrected chi connectivity index (χ0v) is 23.9. The number of methoxy groups -OCH3 is 1. The third kappa shape index (κ3) is 7.79. The molecule has 4 atom stereocenters. The molecule has 0 spiro atoms. The molecule has 1 amide bonds. The summed E-state index contributed by atoms with van der Waals surface area (Å²) in [5.41, 5.74) is 6.06. The highest BCUT2D eigenvalue weighted by molar-refractivity contribution is 8.13. The maximum Gasteiger partial charge on any atom is 0.406 e. The van der Waals surface area contributed by atoms with Gasteiger partial charge in [-0.1, -0.05) is 32.5 Å². The second-order valence-electron chi connectivity index (χ2n) is 9.28. The maximum absolute atomic E-state index is 12.4. The zero-order chi connectivity index (χ0) is 27.9. The number of amides is 1. The molecule has 0 aliphatic carbocycles. The molecule has 3 rings (SSSR count). The molecule has 0 aromatic carbocycles. The van der Waals surface area contributed by atoms with E-state index in [0.29, 0.717) is 35.8 Å². The average molecular weight is 575 g/mol. The highest BCUT2D eigenvalue weighted by atomic mass is 32.2. The summed E-state index contributed by atoms with van der Waals surface area (Å²) in [5, 5.41) is 2.38. The number of carbonyl (C=O) groups is 2. The molecule has 38 heavy (non-hydrogen) atoms. The molecule has 3 N–H and O–H groups in total. The van der Waals surface area contributed by atoms with Gasteiger partial charge in [0.05, 0.1) is 44.8 Å². The summed E-state index contributed by atoms with van der Waals surface area (Å²) in [4.78, 5) is 36.4. The van der Waals surface area contributed by atoms with E-state index in [0.717, 1.165) is 11.8 Å². The number of aromatic nitrogens is 4. The number of hydrogen-bond acceptors (Lipinski definition) is 13. The molecule has 3 heterocycles. The molecule has 1 fully saturated rings. The minimum absolute atomic E-state index is 0.0730. The van der Waals surface area contributed by atoms with Crippen molar-refractivity contribution in [2.75, 3.05) is 45.0 Å². The maximum atomic E-state index is 12.4. The van der Waals surface area contributed by atoms with Crippen LogP contribution in [0.3, 0.4) is 0 Å². The van der Waals surface area contributed by atoms with Crippen molar-refractivity contribution in [1.29, 1.82) is 0 Å². The Balaban J connectivity index is 1.43. The van der Waals surface area contributed by atoms with E-state index in [4.69, 9.17) is 24.3 Å². The number of ether oxygens (including phenoxy) is 3. The van der Waals surface area contributed by atoms with Crippen molar-refractivity contribution in [1.82, 2.24) is 24.8 Å². The largest absolute Gasteiger partial charge is 0.476 e. The summed E-state index contributed by atoms with van der Waals surface area (Å²) in [7, 11) is -1.52. The number of anilines is 1. The fraction of sp³-hybridized carbons (Fsp3) is 0.682. The number of nitrogens with zero attached hydrogens (tertiary/aromatic N) is 4. The standard InChI is InChI=1S/C22H35N6O8PS/c1-6-33-17-15-16(26-20(23)27-17)28(12-25-15)18-13(2)9-14(36-18)10-35-37(31)34-7-8-38-19(29)22(3,4)11-24-21(30)32-5/h12-14,18,37H,6-11H2,1-5H3,(H,24,30)(H2,23,26,27)/t13-,14-,18+/m0/s1. The van der Waals surface area contributed by atoms with E-state index in [1.807, 2.05) is 13.8 Å². The fourth-order valence-electron chi connectivity index (χ4n) is 3.79. The Kier molecular flexibility index (Phi) is 10.7. The van der Waals surface area contributed by atoms with Crippen LogP contribution in [-0.4, -0.2) is 76.1 Å². The Morgan fingerprint density at radius 2 is 2.11 bits per heavy atom. The molecule has 0 radical (unpaired) electrons. The highest BCUT2D eigenvalue weighted by Crippen LogP contribution is 2.38. The van der Waals surface area contributed by atoms with Crippen LogP contribution in [0.15, 0.2) is 6.33 Å². The quantitative estimate of drug-likeness (QED) is 0.264. The molecule has 1 unspecified atom stereocenters. The van der Waals surface area contributed by atoms with E-state index in [9.17, 15) is 14.2 Å². The Labute approximate surface area is 225 Å². The van der Waals surface area contributed by atoms with Crippen LogP contribution in [0.1, 0.15) is 40.3 Å². The molecular formula is C22H35N6O8PS. The molecule has 14 nitrogen and oxygen atoms in total. The lowest BCUT2D eigenvalue weighted by molar-refractivity contribution is -0.117. The van der Waals surface area contributed by atoms with Gasteiger partial charge in [0, 0.05) is 18.2 Å². The number of thioether (sulfide) groups is 1. The number of rotatable bonds is 13. The van der Waals surface area contributed by atoms with Gasteiger partial charge in [0.15, 0.2) is 16.3 Å². The van der Waals surface area contributed by atoms with Gasteiger partial charge < -0.3 is 34.3 Å². The summed E-state index contributed by atoms with van der Waals surface area (Å²) in [5.74, 6) is 0.777. The van der Waals surface area contributed by atoms with Crippen molar-refractivity contribution in [3.8, 4) is 5.88 Å². The Hall–Kier alpha value is -2.45. The molecule has 1 aliphatic rings. The monoisotopic (exact) mass is 574 g/mol. The van der Waals surface area contributed by atoms with Crippen LogP contribution in [0.2, 0.25) is 0 Å². The third-order valence-electron chi connectivity index (χ3n) is 5.75. The predicted octanol–water partition coefficient (Wildman–Crippen LogP) is 2.80. The lowest BCUT2D eigenvalue weighted by Gasteiger charge is -2.22. The third-order valence-corrected chi connectivity index (χ3v) is 7.78. The molecule has 2 aromatic rings. The molecule has 2 aromatic heterocycles. The summed E-state index contributed by atoms with van der Waals surface area (Å²) in [6.07, 6.45) is 0.991. The van der Waals surface area contributed by atoms with E-state index in [-0.39, 0.29) is 49.1 Å². The van der Waals surface area contributed by atoms with Crippen LogP contribution in [-0.2, 0) is 27.9 Å². The Morgan fingerprint density at radius 1 is 1.34 bits per heavy atom. The van der Waals surface area contributed by atoms with Crippen molar-refractivity contribution in [2.45, 2.75) is 46.4 Å². The van der Waals surface area contributed by atoms with Gasteiger partial charge in [0.25, 0.3) is 0 Å². The van der Waals surface area contributed by atoms with Crippen molar-refractivity contribution in [2.24, 2.45) is 11.3 Å². The van der Waals surface area contributed by atoms with Gasteiger partial charge in [-0.05, 0) is 13.3 Å². The zero-order valence-electron chi connectivity index (χ0n) is 22.1. The first-order chi connectivity index (χ1) is 18.1. The van der Waals surface area contributed by atoms with Crippen molar-refractivity contribution < 1.29 is 37.4 Å². The number of nitrogen functional groups attached to an aromatic ring is 1. The van der Waals surface area contributed by atoms with E-state index in [1.54, 1.807) is 24.7 Å². The van der Waals surface area contributed by atoms with Gasteiger partial charge in [0.2, 0.25) is 11.8 Å². The molecule has 0 saturated carbocycles. The molecular weight excluding hydrogens is 539 g/mol. The first-order valence-corrected chi connectivity index (χ1v) is 14.3. The molecule has 16 heteroatoms. The van der Waals surface area contributed by atoms with Gasteiger partial charge in [-0.2, -0.15) is 9.97 Å². The smallest absolute Gasteiger partial charge is 0.406 e. The van der Waals surface area contributed by atoms with Crippen LogP contribution in [0.5, 0.6) is 5.88 Å². The SMILES string of the molecule is CCOc1nc(N)nc2c1ncn2[C@@H]1O[C@H](CO[PH](=O)OCCSC(=O)C(C)(C)CNC(=O)OC)C[C@@H]1C. The van der Waals surface area contributed by atoms with Crippen molar-refractivity contribution in [3.05, 3.63) is 6.33 Å². The van der Waals surface area contributed by atoms with E-state index in [1.165, 1.54) is 7.11 Å². The summed E-state index contributed by atoms with van der Waals surface area (Å²) in [6.45, 7) is 8.01. The van der Waals surface area contributed by atoms with Crippen LogP contribution in [0.4, 0.5) is 10.7 Å². The summed E-state index contributed by atoms with van der Waals surface area (Å²) < 4.78 is 40.9. The first kappa shape index (κ1) is 30.1. The van der Waals surface area contributed by atoms with Crippen LogP contribution in [0.25, 0.3) is 11.2 Å². The number of fused-ring (bicyclic) bond motifs is 1. The van der Waals surface area contributed by atoms with Crippen molar-refractivity contribution >= 4 is 48.3 Å². The number of imidazole rings is 1. The van der Waals surface area contributed by atoms with Gasteiger partial charge >= 0.3 is 14.3 Å². The van der Waals surface area contributed by atoms with Crippen molar-refractivity contribution in [3.63, 3.8) is 0 Å². The second-order valence-corrected chi connectivity index (χ2v) is 11.4. The highest BCUT2D eigenvalue weighted by Gasteiger charge is 2.35. The van der Waals surface area contributed by atoms with Crippen LogP contribution in [0, 0.1) is 11.3 Å². The summed E-state index contributed by atoms with van der Waals surface area (Å²) in [6, 6.07) is 0. The average Bonchev–Trinajstić information content (AvgIpc) is 3.46. The van der Waals surface area contributed by atoms with E-state index in [2.05, 4.69) is 25.0 Å². The predicted molar refractivity (Wildman–Crippen MR) is 141 cm³/mol. The lowest BCUT2D eigenvalue weighted by Crippen LogP contribution is -2.38. The minimum Gasteiger partial charge on any atom is -0.476 e. The number of nitrogens with one attached hydrogen (secondary N) is 1. The van der Waals surface area contributed by atoms with Gasteiger partial charge in [-0.3, -0.25) is 13.9 Å². The lowest BCUT2D eigenvalue weighted by atomic mass is 9.96. The Morgan fingerprint density at radius 3 is 2.82 bits per heavy atom. The number of hydrogen-bond donors (Lipinski definition) is 2. The van der Waals surface area contributed by atoms with E-state index >= 15 is 0 Å². The molecule has 0 bridgehead atoms. The van der Waals surface area contributed by atoms with Gasteiger partial charge in [0.1, 0.15) is 6.23 Å². The molecule has 1 saturated heterocycles. The Bertz CT molecular complexity index is 1150. The minimum atomic E-state index is -2.77. The van der Waals surface area contributed by atoms with Crippen LogP contribution < -0.4 is 15.8 Å². The molecule has 1 aliphatic heterocycles. The van der Waals surface area contributed by atoms with Gasteiger partial charge in [-0.25, -0.2) is 9.78 Å². The first-order valence-electron chi connectivity index (χ1n) is 12.1. The second kappa shape index (κ2) is 13.6. The number of carbonyl (C=O) groups excluding carboxylic acids is 2. The van der Waals surface area contributed by atoms with Crippen LogP contribution >= 0.6 is 20.0 Å². The van der Waals surface area contributed by atoms with E-state index < -0.39 is 19.8 Å². The fourth-order valence-corrected chi connectivity index (χ4v) is 5.43. The number of nitrogens with two attached hydrogens (primary N) is 1. The normalized spacial score (nSPS) is 20.4. The molecule has 212 valence electrons. The topological polar surface area (TPSA) is 179 Å². The van der Waals surface area contributed by atoms with Gasteiger partial charge in [-0.15, -0.1) is 0 Å². The summed E-state index contributed by atoms with van der Waals surface area (Å²) >= 11 is 1.04.